The number of rotatable bonds is 7. The highest BCUT2D eigenvalue weighted by Crippen LogP contribution is 2.17. The molecule has 3 N–H and O–H groups in total. The van der Waals surface area contributed by atoms with Crippen LogP contribution in [-0.4, -0.2) is 23.7 Å². The van der Waals surface area contributed by atoms with Gasteiger partial charge in [0.15, 0.2) is 0 Å². The predicted molar refractivity (Wildman–Crippen MR) is 91.4 cm³/mol. The van der Waals surface area contributed by atoms with E-state index in [1.165, 1.54) is 0 Å². The summed E-state index contributed by atoms with van der Waals surface area (Å²) in [6, 6.07) is 7.17. The predicted octanol–water partition coefficient (Wildman–Crippen LogP) is 3.55. The summed E-state index contributed by atoms with van der Waals surface area (Å²) in [7, 11) is 0. The maximum atomic E-state index is 11.9. The first-order chi connectivity index (χ1) is 9.88. The number of urea groups is 1. The minimum Gasteiger partial charge on any atom is -0.481 e. The number of amides is 2. The summed E-state index contributed by atoms with van der Waals surface area (Å²) in [5.74, 6) is -0.488. The fourth-order valence-electron chi connectivity index (χ4n) is 2.12. The average Bonchev–Trinajstić information content (AvgIpc) is 2.37. The molecule has 0 aliphatic heterocycles. The van der Waals surface area contributed by atoms with E-state index >= 15 is 0 Å². The topological polar surface area (TPSA) is 78.4 Å². The monoisotopic (exact) mass is 404 g/mol. The smallest absolute Gasteiger partial charge is 0.319 e. The van der Waals surface area contributed by atoms with Crippen molar-refractivity contribution in [2.24, 2.45) is 11.8 Å². The van der Waals surface area contributed by atoms with Crippen LogP contribution >= 0.6 is 22.6 Å². The van der Waals surface area contributed by atoms with Gasteiger partial charge in [-0.05, 0) is 53.0 Å². The highest BCUT2D eigenvalue weighted by atomic mass is 127. The number of carbonyl (C=O) groups is 2. The number of carboxylic acids is 1. The summed E-state index contributed by atoms with van der Waals surface area (Å²) < 4.78 is 0.953. The van der Waals surface area contributed by atoms with Gasteiger partial charge in [0.05, 0.1) is 5.69 Å². The summed E-state index contributed by atoms with van der Waals surface area (Å²) in [5.41, 5.74) is 0.745. The molecule has 1 aromatic carbocycles. The van der Waals surface area contributed by atoms with Crippen molar-refractivity contribution in [3.05, 3.63) is 27.8 Å². The maximum absolute atomic E-state index is 11.9. The number of carboxylic acid groups (broad SMARTS) is 1. The summed E-state index contributed by atoms with van der Waals surface area (Å²) >= 11 is 2.15. The Balaban J connectivity index is 2.49. The minimum atomic E-state index is -0.833. The third-order valence-corrected chi connectivity index (χ3v) is 3.88. The molecule has 1 atom stereocenters. The Hall–Kier alpha value is -1.31. The number of aliphatic carboxylic acids is 1. The molecule has 0 radical (unpaired) electrons. The molecule has 2 amide bonds. The highest BCUT2D eigenvalue weighted by Gasteiger charge is 2.16. The van der Waals surface area contributed by atoms with Gasteiger partial charge in [-0.2, -0.15) is 0 Å². The number of anilines is 1. The van der Waals surface area contributed by atoms with Crippen molar-refractivity contribution in [3.63, 3.8) is 0 Å². The fraction of sp³-hybridized carbons (Fsp3) is 0.467. The van der Waals surface area contributed by atoms with Crippen LogP contribution in [0.15, 0.2) is 24.3 Å². The second kappa shape index (κ2) is 8.86. The van der Waals surface area contributed by atoms with Gasteiger partial charge in [0.1, 0.15) is 0 Å². The number of carbonyl (C=O) groups excluding carboxylic acids is 1. The van der Waals surface area contributed by atoms with E-state index in [-0.39, 0.29) is 18.4 Å². The molecular formula is C15H21IN2O3. The minimum absolute atomic E-state index is 0.0527. The first-order valence-corrected chi connectivity index (χ1v) is 7.97. The Morgan fingerprint density at radius 1 is 1.29 bits per heavy atom. The van der Waals surface area contributed by atoms with Gasteiger partial charge in [0.2, 0.25) is 0 Å². The van der Waals surface area contributed by atoms with E-state index in [2.05, 4.69) is 33.2 Å². The quantitative estimate of drug-likeness (QED) is 0.609. The second-order valence-electron chi connectivity index (χ2n) is 5.41. The van der Waals surface area contributed by atoms with Crippen LogP contribution in [0.5, 0.6) is 0 Å². The van der Waals surface area contributed by atoms with E-state index in [0.717, 1.165) is 15.7 Å². The summed E-state index contributed by atoms with van der Waals surface area (Å²) in [6.45, 7) is 4.45. The van der Waals surface area contributed by atoms with Crippen LogP contribution in [0.3, 0.4) is 0 Å². The zero-order chi connectivity index (χ0) is 15.8. The molecule has 6 heteroatoms. The number of hydrogen-bond acceptors (Lipinski definition) is 2. The lowest BCUT2D eigenvalue weighted by Crippen LogP contribution is -2.34. The van der Waals surface area contributed by atoms with Gasteiger partial charge in [0.25, 0.3) is 0 Å². The normalized spacial score (nSPS) is 12.0. The van der Waals surface area contributed by atoms with Crippen molar-refractivity contribution in [1.29, 1.82) is 0 Å². The fourth-order valence-corrected chi connectivity index (χ4v) is 2.64. The molecule has 5 nitrogen and oxygen atoms in total. The van der Waals surface area contributed by atoms with Crippen LogP contribution in [0.25, 0.3) is 0 Å². The molecule has 0 saturated carbocycles. The molecule has 1 aromatic rings. The summed E-state index contributed by atoms with van der Waals surface area (Å²) in [4.78, 5) is 22.7. The summed E-state index contributed by atoms with van der Waals surface area (Å²) in [6.07, 6.45) is 0.844. The van der Waals surface area contributed by atoms with Crippen molar-refractivity contribution in [1.82, 2.24) is 5.32 Å². The van der Waals surface area contributed by atoms with E-state index in [1.807, 2.05) is 38.1 Å². The third-order valence-electron chi connectivity index (χ3n) is 2.94. The molecule has 0 aromatic heterocycles. The molecule has 0 saturated heterocycles. The molecule has 1 rings (SSSR count). The van der Waals surface area contributed by atoms with Gasteiger partial charge in [-0.1, -0.05) is 26.0 Å². The number of halogens is 1. The lowest BCUT2D eigenvalue weighted by Gasteiger charge is -2.18. The zero-order valence-electron chi connectivity index (χ0n) is 12.2. The zero-order valence-corrected chi connectivity index (χ0v) is 14.4. The summed E-state index contributed by atoms with van der Waals surface area (Å²) in [5, 5.41) is 14.4. The van der Waals surface area contributed by atoms with Crippen molar-refractivity contribution >= 4 is 40.3 Å². The van der Waals surface area contributed by atoms with E-state index in [4.69, 9.17) is 5.11 Å². The van der Waals surface area contributed by atoms with Crippen LogP contribution in [0.1, 0.15) is 26.7 Å². The number of benzene rings is 1. The molecule has 0 fully saturated rings. The SMILES string of the molecule is CC(C)C[C@H](CNC(=O)Nc1ccccc1I)CC(=O)O. The Labute approximate surface area is 138 Å². The maximum Gasteiger partial charge on any atom is 0.319 e. The lowest BCUT2D eigenvalue weighted by atomic mass is 9.94. The largest absolute Gasteiger partial charge is 0.481 e. The van der Waals surface area contributed by atoms with E-state index in [9.17, 15) is 9.59 Å². The lowest BCUT2D eigenvalue weighted by molar-refractivity contribution is -0.138. The molecule has 21 heavy (non-hydrogen) atoms. The molecule has 0 unspecified atom stereocenters. The molecule has 0 heterocycles. The van der Waals surface area contributed by atoms with E-state index in [1.54, 1.807) is 0 Å². The first-order valence-electron chi connectivity index (χ1n) is 6.89. The van der Waals surface area contributed by atoms with Gasteiger partial charge >= 0.3 is 12.0 Å². The third kappa shape index (κ3) is 7.31. The van der Waals surface area contributed by atoms with E-state index < -0.39 is 5.97 Å². The van der Waals surface area contributed by atoms with Crippen LogP contribution in [0, 0.1) is 15.4 Å². The Morgan fingerprint density at radius 3 is 2.52 bits per heavy atom. The van der Waals surface area contributed by atoms with Gasteiger partial charge in [-0.15, -0.1) is 0 Å². The number of nitrogens with one attached hydrogen (secondary N) is 2. The van der Waals surface area contributed by atoms with Gasteiger partial charge < -0.3 is 15.7 Å². The second-order valence-corrected chi connectivity index (χ2v) is 6.57. The van der Waals surface area contributed by atoms with Gasteiger partial charge in [-0.25, -0.2) is 4.79 Å². The van der Waals surface area contributed by atoms with Crippen molar-refractivity contribution < 1.29 is 14.7 Å². The van der Waals surface area contributed by atoms with Crippen LogP contribution in [0.4, 0.5) is 10.5 Å². The molecule has 0 aliphatic carbocycles. The van der Waals surface area contributed by atoms with E-state index in [0.29, 0.717) is 12.5 Å². The molecular weight excluding hydrogens is 383 g/mol. The average molecular weight is 404 g/mol. The van der Waals surface area contributed by atoms with Gasteiger partial charge in [0, 0.05) is 16.5 Å². The number of hydrogen-bond donors (Lipinski definition) is 3. The van der Waals surface area contributed by atoms with Crippen LogP contribution in [0.2, 0.25) is 0 Å². The Bertz CT molecular complexity index is 492. The first kappa shape index (κ1) is 17.7. The van der Waals surface area contributed by atoms with Crippen LogP contribution in [-0.2, 0) is 4.79 Å². The standard InChI is InChI=1S/C15H21IN2O3/c1-10(2)7-11(8-14(19)20)9-17-15(21)18-13-6-4-3-5-12(13)16/h3-6,10-11H,7-9H2,1-2H3,(H,19,20)(H2,17,18,21)/t11-/m0/s1. The molecule has 0 aliphatic rings. The van der Waals surface area contributed by atoms with Crippen LogP contribution < -0.4 is 10.6 Å². The van der Waals surface area contributed by atoms with Crippen molar-refractivity contribution in [3.8, 4) is 0 Å². The van der Waals surface area contributed by atoms with Crippen molar-refractivity contribution in [2.45, 2.75) is 26.7 Å². The highest BCUT2D eigenvalue weighted by molar-refractivity contribution is 14.1. The number of para-hydroxylation sites is 1. The molecule has 0 spiro atoms. The van der Waals surface area contributed by atoms with Gasteiger partial charge in [-0.3, -0.25) is 4.79 Å². The Kier molecular flexibility index (Phi) is 7.49. The molecule has 0 bridgehead atoms. The van der Waals surface area contributed by atoms with Crippen molar-refractivity contribution in [2.75, 3.05) is 11.9 Å². The molecule has 116 valence electrons. The Morgan fingerprint density at radius 2 is 1.95 bits per heavy atom.